The second-order valence-electron chi connectivity index (χ2n) is 6.15. The van der Waals surface area contributed by atoms with Gasteiger partial charge in [0.2, 0.25) is 10.0 Å². The van der Waals surface area contributed by atoms with E-state index in [-0.39, 0.29) is 11.5 Å². The van der Waals surface area contributed by atoms with Crippen LogP contribution in [0.5, 0.6) is 0 Å². The minimum Gasteiger partial charge on any atom is -0.460 e. The Kier molecular flexibility index (Phi) is 6.39. The minimum atomic E-state index is -3.76. The number of rotatable bonds is 7. The Morgan fingerprint density at radius 3 is 2.28 bits per heavy atom. The van der Waals surface area contributed by atoms with Gasteiger partial charge in [0.25, 0.3) is 0 Å². The van der Waals surface area contributed by atoms with E-state index in [0.29, 0.717) is 5.56 Å². The van der Waals surface area contributed by atoms with Crippen LogP contribution in [-0.4, -0.2) is 20.9 Å². The summed E-state index contributed by atoms with van der Waals surface area (Å²) in [6.07, 6.45) is 0. The van der Waals surface area contributed by atoms with Crippen molar-refractivity contribution in [2.75, 3.05) is 6.54 Å². The maximum absolute atomic E-state index is 12.1. The molecule has 0 bridgehead atoms. The Labute approximate surface area is 169 Å². The number of nitrogens with zero attached hydrogens (tertiary/aromatic N) is 1. The third kappa shape index (κ3) is 5.29. The number of carbonyl (C=O) groups is 1. The predicted molar refractivity (Wildman–Crippen MR) is 108 cm³/mol. The van der Waals surface area contributed by atoms with Gasteiger partial charge < -0.3 is 4.74 Å². The molecule has 0 aromatic heterocycles. The van der Waals surface area contributed by atoms with Crippen molar-refractivity contribution in [1.29, 1.82) is 5.26 Å². The second kappa shape index (κ2) is 9.15. The second-order valence-corrected chi connectivity index (χ2v) is 7.92. The first kappa shape index (κ1) is 20.3. The van der Waals surface area contributed by atoms with Crippen molar-refractivity contribution in [3.05, 3.63) is 90.0 Å². The topological polar surface area (TPSA) is 96.3 Å². The summed E-state index contributed by atoms with van der Waals surface area (Å²) in [7, 11) is -3.76. The largest absolute Gasteiger partial charge is 0.460 e. The van der Waals surface area contributed by atoms with Crippen molar-refractivity contribution in [3.8, 4) is 17.2 Å². The molecule has 0 radical (unpaired) electrons. The van der Waals surface area contributed by atoms with Crippen LogP contribution < -0.4 is 4.72 Å². The zero-order chi connectivity index (χ0) is 20.7. The normalized spacial score (nSPS) is 10.9. The van der Waals surface area contributed by atoms with E-state index >= 15 is 0 Å². The third-order valence-electron chi connectivity index (χ3n) is 4.17. The predicted octanol–water partition coefficient (Wildman–Crippen LogP) is 3.25. The molecular weight excluding hydrogens is 388 g/mol. The average molecular weight is 406 g/mol. The van der Waals surface area contributed by atoms with Crippen molar-refractivity contribution >= 4 is 16.0 Å². The van der Waals surface area contributed by atoms with Gasteiger partial charge in [-0.05, 0) is 34.9 Å². The highest BCUT2D eigenvalue weighted by Crippen LogP contribution is 2.23. The molecule has 0 heterocycles. The Morgan fingerprint density at radius 1 is 0.931 bits per heavy atom. The van der Waals surface area contributed by atoms with Gasteiger partial charge in [0.05, 0.1) is 16.5 Å². The summed E-state index contributed by atoms with van der Waals surface area (Å²) in [5.74, 6) is -0.677. The van der Waals surface area contributed by atoms with Crippen LogP contribution in [0.25, 0.3) is 11.1 Å². The molecule has 7 heteroatoms. The number of hydrogen-bond acceptors (Lipinski definition) is 5. The van der Waals surface area contributed by atoms with E-state index in [1.807, 2.05) is 30.3 Å². The number of carbonyl (C=O) groups excluding carboxylic acids is 1. The first-order chi connectivity index (χ1) is 14.0. The number of nitrogens with one attached hydrogen (secondary N) is 1. The number of nitriles is 1. The Balaban J connectivity index is 1.55. The smallest absolute Gasteiger partial charge is 0.321 e. The molecule has 0 spiro atoms. The maximum atomic E-state index is 12.1. The molecule has 0 atom stereocenters. The molecule has 0 aliphatic heterocycles. The van der Waals surface area contributed by atoms with Crippen molar-refractivity contribution in [2.24, 2.45) is 0 Å². The highest BCUT2D eigenvalue weighted by Gasteiger charge is 2.15. The molecule has 0 aliphatic carbocycles. The Hall–Kier alpha value is -3.47. The lowest BCUT2D eigenvalue weighted by Gasteiger charge is -2.09. The summed E-state index contributed by atoms with van der Waals surface area (Å²) < 4.78 is 31.5. The molecule has 6 nitrogen and oxygen atoms in total. The highest BCUT2D eigenvalue weighted by atomic mass is 32.2. The summed E-state index contributed by atoms with van der Waals surface area (Å²) in [4.78, 5) is 12.0. The summed E-state index contributed by atoms with van der Waals surface area (Å²) in [6, 6.07) is 24.5. The van der Waals surface area contributed by atoms with Gasteiger partial charge in [0.1, 0.15) is 13.2 Å². The van der Waals surface area contributed by atoms with E-state index in [4.69, 9.17) is 4.74 Å². The van der Waals surface area contributed by atoms with Gasteiger partial charge in [-0.15, -0.1) is 0 Å². The quantitative estimate of drug-likeness (QED) is 0.608. The zero-order valence-corrected chi connectivity index (χ0v) is 16.2. The van der Waals surface area contributed by atoms with Crippen LogP contribution in [0, 0.1) is 11.3 Å². The van der Waals surface area contributed by atoms with E-state index in [1.54, 1.807) is 36.4 Å². The zero-order valence-electron chi connectivity index (χ0n) is 15.4. The molecule has 1 N–H and O–H groups in total. The van der Waals surface area contributed by atoms with Gasteiger partial charge in [0.15, 0.2) is 0 Å². The fourth-order valence-electron chi connectivity index (χ4n) is 2.66. The minimum absolute atomic E-state index is 0.0199. The SMILES string of the molecule is N#Cc1ccccc1-c1ccc(COC(=O)CNS(=O)(=O)c2ccccc2)cc1. The van der Waals surface area contributed by atoms with Crippen molar-refractivity contribution in [2.45, 2.75) is 11.5 Å². The number of hydrogen-bond donors (Lipinski definition) is 1. The lowest BCUT2D eigenvalue weighted by atomic mass is 9.99. The molecule has 3 aromatic carbocycles. The number of esters is 1. The molecule has 29 heavy (non-hydrogen) atoms. The van der Waals surface area contributed by atoms with Crippen LogP contribution in [0.2, 0.25) is 0 Å². The molecule has 0 unspecified atom stereocenters. The van der Waals surface area contributed by atoms with Crippen LogP contribution in [0.15, 0.2) is 83.8 Å². The molecule has 0 saturated carbocycles. The molecule has 0 amide bonds. The van der Waals surface area contributed by atoms with E-state index in [1.165, 1.54) is 12.1 Å². The summed E-state index contributed by atoms with van der Waals surface area (Å²) in [5.41, 5.74) is 3.04. The Morgan fingerprint density at radius 2 is 1.59 bits per heavy atom. The van der Waals surface area contributed by atoms with Crippen molar-refractivity contribution in [3.63, 3.8) is 0 Å². The molecule has 0 fully saturated rings. The van der Waals surface area contributed by atoms with Crippen molar-refractivity contribution in [1.82, 2.24) is 4.72 Å². The molecule has 3 aromatic rings. The van der Waals surface area contributed by atoms with Crippen LogP contribution in [0.4, 0.5) is 0 Å². The lowest BCUT2D eigenvalue weighted by molar-refractivity contribution is -0.143. The summed E-state index contributed by atoms with van der Waals surface area (Å²) in [5, 5.41) is 9.20. The van der Waals surface area contributed by atoms with Gasteiger partial charge in [-0.1, -0.05) is 60.7 Å². The first-order valence-electron chi connectivity index (χ1n) is 8.78. The van der Waals surface area contributed by atoms with E-state index in [2.05, 4.69) is 10.8 Å². The van der Waals surface area contributed by atoms with Crippen molar-refractivity contribution < 1.29 is 17.9 Å². The van der Waals surface area contributed by atoms with Crippen LogP contribution >= 0.6 is 0 Å². The first-order valence-corrected chi connectivity index (χ1v) is 10.3. The monoisotopic (exact) mass is 406 g/mol. The molecule has 0 saturated heterocycles. The van der Waals surface area contributed by atoms with Gasteiger partial charge >= 0.3 is 5.97 Å². The molecular formula is C22H18N2O4S. The maximum Gasteiger partial charge on any atom is 0.321 e. The fraction of sp³-hybridized carbons (Fsp3) is 0.0909. The van der Waals surface area contributed by atoms with Gasteiger partial charge in [-0.3, -0.25) is 4.79 Å². The van der Waals surface area contributed by atoms with Crippen LogP contribution in [0.3, 0.4) is 0 Å². The average Bonchev–Trinajstić information content (AvgIpc) is 2.77. The Bertz CT molecular complexity index is 1140. The molecule has 146 valence electrons. The van der Waals surface area contributed by atoms with E-state index in [0.717, 1.165) is 16.7 Å². The number of benzene rings is 3. The summed E-state index contributed by atoms with van der Waals surface area (Å²) in [6.45, 7) is -0.434. The van der Waals surface area contributed by atoms with Crippen LogP contribution in [0.1, 0.15) is 11.1 Å². The lowest BCUT2D eigenvalue weighted by Crippen LogP contribution is -2.30. The highest BCUT2D eigenvalue weighted by molar-refractivity contribution is 7.89. The van der Waals surface area contributed by atoms with Crippen LogP contribution in [-0.2, 0) is 26.2 Å². The number of sulfonamides is 1. The van der Waals surface area contributed by atoms with Gasteiger partial charge in [-0.25, -0.2) is 8.42 Å². The fourth-order valence-corrected chi connectivity index (χ4v) is 3.65. The van der Waals surface area contributed by atoms with E-state index < -0.39 is 22.5 Å². The van der Waals surface area contributed by atoms with Gasteiger partial charge in [-0.2, -0.15) is 9.98 Å². The standard InChI is InChI=1S/C22H18N2O4S/c23-14-19-6-4-5-9-21(19)18-12-10-17(11-13-18)16-28-22(25)15-24-29(26,27)20-7-2-1-3-8-20/h1-13,24H,15-16H2. The molecule has 3 rings (SSSR count). The molecule has 0 aliphatic rings. The third-order valence-corrected chi connectivity index (χ3v) is 5.59. The number of ether oxygens (including phenoxy) is 1. The van der Waals surface area contributed by atoms with Gasteiger partial charge in [0, 0.05) is 0 Å². The van der Waals surface area contributed by atoms with E-state index in [9.17, 15) is 18.5 Å². The summed E-state index contributed by atoms with van der Waals surface area (Å²) >= 11 is 0.